The van der Waals surface area contributed by atoms with Gasteiger partial charge in [0, 0.05) is 0 Å². The molecule has 1 saturated heterocycles. The molecule has 0 N–H and O–H groups in total. The molecule has 4 atom stereocenters. The highest BCUT2D eigenvalue weighted by molar-refractivity contribution is 5.08. The molecule has 1 aliphatic heterocycles. The summed E-state index contributed by atoms with van der Waals surface area (Å²) in [4.78, 5) is 0. The number of hydrogen-bond donors (Lipinski definition) is 0. The van der Waals surface area contributed by atoms with Gasteiger partial charge in [-0.05, 0) is 70.1 Å². The molecule has 3 fully saturated rings. The van der Waals surface area contributed by atoms with Gasteiger partial charge in [0.05, 0.1) is 11.2 Å². The third-order valence-corrected chi connectivity index (χ3v) is 6.06. The molecule has 16 heavy (non-hydrogen) atoms. The number of hydrogen-bond acceptors (Lipinski definition) is 1. The molecule has 0 spiro atoms. The van der Waals surface area contributed by atoms with E-state index in [2.05, 4.69) is 27.7 Å². The predicted octanol–water partition coefficient (Wildman–Crippen LogP) is 4.16. The Kier molecular flexibility index (Phi) is 2.11. The molecule has 0 amide bonds. The first-order valence-electron chi connectivity index (χ1n) is 7.06. The average molecular weight is 222 g/mol. The van der Waals surface area contributed by atoms with Crippen LogP contribution in [0.25, 0.3) is 0 Å². The fourth-order valence-corrected chi connectivity index (χ4v) is 5.11. The van der Waals surface area contributed by atoms with Crippen LogP contribution in [0, 0.1) is 17.3 Å². The van der Waals surface area contributed by atoms with Crippen molar-refractivity contribution in [2.45, 2.75) is 77.4 Å². The summed E-state index contributed by atoms with van der Waals surface area (Å²) in [7, 11) is 0. The minimum atomic E-state index is 0.115. The smallest absolute Gasteiger partial charge is 0.0695 e. The van der Waals surface area contributed by atoms with E-state index < -0.39 is 0 Å². The van der Waals surface area contributed by atoms with Crippen LogP contribution in [-0.2, 0) is 4.74 Å². The van der Waals surface area contributed by atoms with E-state index in [0.717, 1.165) is 11.8 Å². The van der Waals surface area contributed by atoms with Crippen LogP contribution in [0.3, 0.4) is 0 Å². The molecule has 0 aromatic rings. The second kappa shape index (κ2) is 3.04. The van der Waals surface area contributed by atoms with Crippen molar-refractivity contribution in [3.05, 3.63) is 0 Å². The lowest BCUT2D eigenvalue weighted by molar-refractivity contribution is -0.275. The molecule has 2 bridgehead atoms. The molecule has 0 aromatic carbocycles. The van der Waals surface area contributed by atoms with Crippen molar-refractivity contribution in [3.63, 3.8) is 0 Å². The Morgan fingerprint density at radius 3 is 2.50 bits per heavy atom. The molecule has 1 nitrogen and oxygen atoms in total. The zero-order valence-corrected chi connectivity index (χ0v) is 11.3. The zero-order valence-electron chi connectivity index (χ0n) is 11.3. The van der Waals surface area contributed by atoms with Crippen molar-refractivity contribution in [1.82, 2.24) is 0 Å². The monoisotopic (exact) mass is 222 g/mol. The molecule has 3 aliphatic rings. The first kappa shape index (κ1) is 11.1. The first-order chi connectivity index (χ1) is 7.36. The van der Waals surface area contributed by atoms with E-state index in [0.29, 0.717) is 5.41 Å². The van der Waals surface area contributed by atoms with Crippen LogP contribution < -0.4 is 0 Å². The molecule has 2 saturated carbocycles. The fourth-order valence-electron chi connectivity index (χ4n) is 5.11. The van der Waals surface area contributed by atoms with Gasteiger partial charge in [-0.2, -0.15) is 0 Å². The maximum absolute atomic E-state index is 6.56. The van der Waals surface area contributed by atoms with Crippen LogP contribution >= 0.6 is 0 Å². The molecule has 0 radical (unpaired) electrons. The third kappa shape index (κ3) is 1.33. The van der Waals surface area contributed by atoms with Crippen molar-refractivity contribution < 1.29 is 4.74 Å². The molecule has 2 aliphatic carbocycles. The summed E-state index contributed by atoms with van der Waals surface area (Å²) in [5.74, 6) is 1.62. The lowest BCUT2D eigenvalue weighted by Gasteiger charge is -2.63. The summed E-state index contributed by atoms with van der Waals surface area (Å²) in [5, 5.41) is 0. The van der Waals surface area contributed by atoms with Crippen LogP contribution in [0.5, 0.6) is 0 Å². The SMILES string of the molecule is CC12CCCC3(C)OC(C)(C)C(CC1)CC23. The first-order valence-corrected chi connectivity index (χ1v) is 7.06. The second-order valence-corrected chi connectivity index (χ2v) is 7.55. The van der Waals surface area contributed by atoms with Gasteiger partial charge >= 0.3 is 0 Å². The lowest BCUT2D eigenvalue weighted by atomic mass is 9.50. The second-order valence-electron chi connectivity index (χ2n) is 7.55. The molecule has 0 aromatic heterocycles. The fraction of sp³-hybridized carbons (Fsp3) is 1.00. The summed E-state index contributed by atoms with van der Waals surface area (Å²) in [5.41, 5.74) is 0.872. The summed E-state index contributed by atoms with van der Waals surface area (Å²) in [6.45, 7) is 9.54. The standard InChI is InChI=1S/C15H26O/c1-13(2)11-6-9-14(3)7-5-8-15(4,16-13)12(14)10-11/h11-12H,5-10H2,1-4H3. The van der Waals surface area contributed by atoms with Gasteiger partial charge in [0.15, 0.2) is 0 Å². The maximum atomic E-state index is 6.56. The number of rotatable bonds is 0. The molecule has 1 heterocycles. The van der Waals surface area contributed by atoms with Crippen LogP contribution in [0.4, 0.5) is 0 Å². The minimum Gasteiger partial charge on any atom is -0.369 e. The van der Waals surface area contributed by atoms with Gasteiger partial charge < -0.3 is 4.74 Å². The average Bonchev–Trinajstić information content (AvgIpc) is 2.14. The van der Waals surface area contributed by atoms with Gasteiger partial charge in [-0.1, -0.05) is 13.3 Å². The third-order valence-electron chi connectivity index (χ3n) is 6.06. The van der Waals surface area contributed by atoms with Crippen molar-refractivity contribution in [2.24, 2.45) is 17.3 Å². The molecular weight excluding hydrogens is 196 g/mol. The summed E-state index contributed by atoms with van der Waals surface area (Å²) in [6.07, 6.45) is 8.32. The van der Waals surface area contributed by atoms with Crippen LogP contribution in [0.2, 0.25) is 0 Å². The number of ether oxygens (including phenoxy) is 1. The molecule has 1 heteroatoms. The Labute approximate surface area is 99.9 Å². The van der Waals surface area contributed by atoms with Crippen molar-refractivity contribution >= 4 is 0 Å². The molecular formula is C15H26O. The van der Waals surface area contributed by atoms with E-state index in [1.54, 1.807) is 0 Å². The normalized spacial score (nSPS) is 54.8. The molecule has 4 unspecified atom stereocenters. The highest BCUT2D eigenvalue weighted by Crippen LogP contribution is 2.62. The molecule has 92 valence electrons. The van der Waals surface area contributed by atoms with E-state index in [-0.39, 0.29) is 11.2 Å². The summed E-state index contributed by atoms with van der Waals surface area (Å²) >= 11 is 0. The Bertz CT molecular complexity index is 309. The highest BCUT2D eigenvalue weighted by atomic mass is 16.5. The zero-order chi connectivity index (χ0) is 11.6. The van der Waals surface area contributed by atoms with E-state index >= 15 is 0 Å². The Morgan fingerprint density at radius 2 is 1.75 bits per heavy atom. The lowest BCUT2D eigenvalue weighted by Crippen LogP contribution is -2.62. The van der Waals surface area contributed by atoms with Gasteiger partial charge in [-0.3, -0.25) is 0 Å². The van der Waals surface area contributed by atoms with Gasteiger partial charge in [0.1, 0.15) is 0 Å². The van der Waals surface area contributed by atoms with Crippen LogP contribution in [0.15, 0.2) is 0 Å². The van der Waals surface area contributed by atoms with E-state index in [1.165, 1.54) is 38.5 Å². The van der Waals surface area contributed by atoms with E-state index in [1.807, 2.05) is 0 Å². The maximum Gasteiger partial charge on any atom is 0.0695 e. The van der Waals surface area contributed by atoms with Gasteiger partial charge in [-0.15, -0.1) is 0 Å². The van der Waals surface area contributed by atoms with Crippen LogP contribution in [-0.4, -0.2) is 11.2 Å². The van der Waals surface area contributed by atoms with Crippen molar-refractivity contribution in [2.75, 3.05) is 0 Å². The van der Waals surface area contributed by atoms with E-state index in [9.17, 15) is 0 Å². The Morgan fingerprint density at radius 1 is 1.00 bits per heavy atom. The number of fused-ring (bicyclic) bond motifs is 1. The Hall–Kier alpha value is -0.0400. The predicted molar refractivity (Wildman–Crippen MR) is 66.4 cm³/mol. The van der Waals surface area contributed by atoms with E-state index in [4.69, 9.17) is 4.74 Å². The van der Waals surface area contributed by atoms with Gasteiger partial charge in [-0.25, -0.2) is 0 Å². The summed E-state index contributed by atoms with van der Waals surface area (Å²) in [6, 6.07) is 0. The van der Waals surface area contributed by atoms with Gasteiger partial charge in [0.25, 0.3) is 0 Å². The summed E-state index contributed by atoms with van der Waals surface area (Å²) < 4.78 is 6.56. The van der Waals surface area contributed by atoms with Gasteiger partial charge in [0.2, 0.25) is 0 Å². The van der Waals surface area contributed by atoms with Crippen LogP contribution in [0.1, 0.15) is 66.2 Å². The Balaban J connectivity index is 2.00. The minimum absolute atomic E-state index is 0.115. The quantitative estimate of drug-likeness (QED) is 0.598. The molecule has 3 rings (SSSR count). The van der Waals surface area contributed by atoms with Crippen molar-refractivity contribution in [1.29, 1.82) is 0 Å². The topological polar surface area (TPSA) is 9.23 Å². The highest BCUT2D eigenvalue weighted by Gasteiger charge is 2.59. The largest absolute Gasteiger partial charge is 0.369 e. The van der Waals surface area contributed by atoms with Crippen molar-refractivity contribution in [3.8, 4) is 0 Å².